The largest absolute Gasteiger partial charge is 0.497 e. The molecule has 2 rings (SSSR count). The summed E-state index contributed by atoms with van der Waals surface area (Å²) in [6.07, 6.45) is -0.179. The van der Waals surface area contributed by atoms with Crippen molar-refractivity contribution in [1.82, 2.24) is 0 Å². The van der Waals surface area contributed by atoms with E-state index in [1.54, 1.807) is 12.1 Å². The van der Waals surface area contributed by atoms with E-state index in [2.05, 4.69) is 0 Å². The third-order valence-corrected chi connectivity index (χ3v) is 3.72. The predicted molar refractivity (Wildman–Crippen MR) is 84.1 cm³/mol. The van der Waals surface area contributed by atoms with E-state index in [0.717, 1.165) is 0 Å². The minimum atomic E-state index is -2.23. The van der Waals surface area contributed by atoms with Crippen LogP contribution in [0.1, 0.15) is 12.0 Å². The van der Waals surface area contributed by atoms with Crippen LogP contribution in [0.25, 0.3) is 0 Å². The van der Waals surface area contributed by atoms with Crippen LogP contribution in [-0.4, -0.2) is 19.6 Å². The molecule has 0 saturated heterocycles. The Kier molecular flexibility index (Phi) is 6.01. The fourth-order valence-corrected chi connectivity index (χ4v) is 2.32. The van der Waals surface area contributed by atoms with Crippen LogP contribution < -0.4 is 15.4 Å². The maximum Gasteiger partial charge on any atom is 0.219 e. The molecule has 1 amide bonds. The number of rotatable bonds is 7. The number of amides is 1. The number of carbonyl (C=O) groups excluding carboxylic acids is 1. The molecular formula is C17H15F5N2O2. The number of nitrogens with zero attached hydrogens (tertiary/aromatic N) is 1. The standard InChI is InChI=1S/C17H15F5N2O2/c1-26-10-4-2-9(3-5-10)24(7-6-12(23)25)8-11-13(18)15(20)17(22)16(21)14(11)19/h2-5H,6-8H2,1H3,(H2,23,25). The molecule has 0 saturated carbocycles. The van der Waals surface area contributed by atoms with E-state index in [9.17, 15) is 26.7 Å². The summed E-state index contributed by atoms with van der Waals surface area (Å²) in [6.45, 7) is -0.730. The topological polar surface area (TPSA) is 55.6 Å². The Labute approximate surface area is 146 Å². The van der Waals surface area contributed by atoms with Crippen LogP contribution in [-0.2, 0) is 11.3 Å². The Morgan fingerprint density at radius 3 is 1.92 bits per heavy atom. The lowest BCUT2D eigenvalue weighted by Gasteiger charge is -2.25. The van der Waals surface area contributed by atoms with Crippen molar-refractivity contribution >= 4 is 11.6 Å². The number of primary amides is 1. The lowest BCUT2D eigenvalue weighted by Crippen LogP contribution is -2.29. The van der Waals surface area contributed by atoms with Crippen LogP contribution in [0.2, 0.25) is 0 Å². The molecule has 0 aliphatic carbocycles. The number of halogens is 5. The Hall–Kier alpha value is -2.84. The SMILES string of the molecule is COc1ccc(N(CCC(N)=O)Cc2c(F)c(F)c(F)c(F)c2F)cc1. The van der Waals surface area contributed by atoms with Gasteiger partial charge in [-0.3, -0.25) is 4.79 Å². The zero-order valence-corrected chi connectivity index (χ0v) is 13.7. The van der Waals surface area contributed by atoms with Gasteiger partial charge in [-0.2, -0.15) is 0 Å². The number of benzene rings is 2. The Morgan fingerprint density at radius 2 is 1.46 bits per heavy atom. The average molecular weight is 374 g/mol. The van der Waals surface area contributed by atoms with E-state index in [1.165, 1.54) is 24.1 Å². The minimum Gasteiger partial charge on any atom is -0.497 e. The fourth-order valence-electron chi connectivity index (χ4n) is 2.32. The summed E-state index contributed by atoms with van der Waals surface area (Å²) in [6, 6.07) is 6.13. The van der Waals surface area contributed by atoms with Crippen molar-refractivity contribution in [2.45, 2.75) is 13.0 Å². The zero-order valence-electron chi connectivity index (χ0n) is 13.7. The highest BCUT2D eigenvalue weighted by Crippen LogP contribution is 2.27. The van der Waals surface area contributed by atoms with Crippen molar-refractivity contribution in [3.05, 3.63) is 58.9 Å². The van der Waals surface area contributed by atoms with Gasteiger partial charge >= 0.3 is 0 Å². The van der Waals surface area contributed by atoms with Gasteiger partial charge in [0.25, 0.3) is 0 Å². The maximum absolute atomic E-state index is 13.9. The Balaban J connectivity index is 2.42. The highest BCUT2D eigenvalue weighted by atomic mass is 19.2. The van der Waals surface area contributed by atoms with Gasteiger partial charge in [0, 0.05) is 30.8 Å². The molecule has 0 aliphatic rings. The number of nitrogens with two attached hydrogens (primary N) is 1. The molecule has 2 N–H and O–H groups in total. The summed E-state index contributed by atoms with van der Waals surface area (Å²) in [7, 11) is 1.44. The predicted octanol–water partition coefficient (Wildman–Crippen LogP) is 3.27. The first-order valence-electron chi connectivity index (χ1n) is 7.43. The Morgan fingerprint density at radius 1 is 0.962 bits per heavy atom. The summed E-state index contributed by atoms with van der Waals surface area (Å²) in [4.78, 5) is 12.3. The molecule has 2 aromatic rings. The van der Waals surface area contributed by atoms with E-state index >= 15 is 0 Å². The molecule has 9 heteroatoms. The van der Waals surface area contributed by atoms with Gasteiger partial charge in [-0.1, -0.05) is 0 Å². The molecule has 140 valence electrons. The minimum absolute atomic E-state index is 0.0822. The summed E-state index contributed by atoms with van der Waals surface area (Å²) >= 11 is 0. The monoisotopic (exact) mass is 374 g/mol. The highest BCUT2D eigenvalue weighted by Gasteiger charge is 2.27. The molecule has 0 aliphatic heterocycles. The van der Waals surface area contributed by atoms with Crippen molar-refractivity contribution in [1.29, 1.82) is 0 Å². The lowest BCUT2D eigenvalue weighted by atomic mass is 10.1. The molecule has 26 heavy (non-hydrogen) atoms. The first-order chi connectivity index (χ1) is 12.3. The third kappa shape index (κ3) is 4.04. The molecule has 0 heterocycles. The van der Waals surface area contributed by atoms with Crippen LogP contribution in [0, 0.1) is 29.1 Å². The van der Waals surface area contributed by atoms with Gasteiger partial charge in [-0.15, -0.1) is 0 Å². The van der Waals surface area contributed by atoms with E-state index in [0.29, 0.717) is 11.4 Å². The molecule has 4 nitrogen and oxygen atoms in total. The van der Waals surface area contributed by atoms with Crippen LogP contribution in [0.5, 0.6) is 5.75 Å². The van der Waals surface area contributed by atoms with E-state index in [4.69, 9.17) is 10.5 Å². The van der Waals surface area contributed by atoms with Crippen molar-refractivity contribution in [3.63, 3.8) is 0 Å². The number of hydrogen-bond donors (Lipinski definition) is 1. The van der Waals surface area contributed by atoms with Crippen LogP contribution >= 0.6 is 0 Å². The summed E-state index contributed by atoms with van der Waals surface area (Å²) in [5, 5.41) is 0. The van der Waals surface area contributed by atoms with Gasteiger partial charge in [0.15, 0.2) is 23.3 Å². The van der Waals surface area contributed by atoms with E-state index < -0.39 is 47.1 Å². The second-order valence-corrected chi connectivity index (χ2v) is 5.38. The smallest absolute Gasteiger partial charge is 0.219 e. The summed E-state index contributed by atoms with van der Waals surface area (Å²) in [5.74, 6) is -10.3. The average Bonchev–Trinajstić information content (AvgIpc) is 2.64. The van der Waals surface area contributed by atoms with Gasteiger partial charge in [-0.25, -0.2) is 22.0 Å². The molecule has 0 radical (unpaired) electrons. The van der Waals surface area contributed by atoms with Gasteiger partial charge < -0.3 is 15.4 Å². The lowest BCUT2D eigenvalue weighted by molar-refractivity contribution is -0.117. The molecule has 0 spiro atoms. The first-order valence-corrected chi connectivity index (χ1v) is 7.43. The van der Waals surface area contributed by atoms with Crippen molar-refractivity contribution < 1.29 is 31.5 Å². The van der Waals surface area contributed by atoms with Gasteiger partial charge in [-0.05, 0) is 24.3 Å². The normalized spacial score (nSPS) is 10.7. The molecule has 0 atom stereocenters. The van der Waals surface area contributed by atoms with Gasteiger partial charge in [0.1, 0.15) is 5.75 Å². The number of methoxy groups -OCH3 is 1. The van der Waals surface area contributed by atoms with Crippen LogP contribution in [0.15, 0.2) is 24.3 Å². The van der Waals surface area contributed by atoms with E-state index in [1.807, 2.05) is 0 Å². The molecule has 0 aromatic heterocycles. The van der Waals surface area contributed by atoms with Gasteiger partial charge in [0.05, 0.1) is 7.11 Å². The van der Waals surface area contributed by atoms with E-state index in [-0.39, 0.29) is 13.0 Å². The zero-order chi connectivity index (χ0) is 19.4. The second-order valence-electron chi connectivity index (χ2n) is 5.38. The van der Waals surface area contributed by atoms with Crippen LogP contribution in [0.3, 0.4) is 0 Å². The first kappa shape index (κ1) is 19.5. The van der Waals surface area contributed by atoms with Crippen molar-refractivity contribution in [2.24, 2.45) is 5.73 Å². The summed E-state index contributed by atoms with van der Waals surface area (Å²) in [5.41, 5.74) is 4.47. The van der Waals surface area contributed by atoms with Gasteiger partial charge in [0.2, 0.25) is 11.7 Å². The highest BCUT2D eigenvalue weighted by molar-refractivity contribution is 5.74. The molecular weight excluding hydrogens is 359 g/mol. The third-order valence-electron chi connectivity index (χ3n) is 3.72. The molecule has 0 unspecified atom stereocenters. The quantitative estimate of drug-likeness (QED) is 0.460. The molecule has 0 fully saturated rings. The second kappa shape index (κ2) is 8.03. The van der Waals surface area contributed by atoms with Crippen molar-refractivity contribution in [2.75, 3.05) is 18.6 Å². The number of carbonyl (C=O) groups is 1. The number of anilines is 1. The molecule has 2 aromatic carbocycles. The van der Waals surface area contributed by atoms with Crippen molar-refractivity contribution in [3.8, 4) is 5.75 Å². The number of ether oxygens (including phenoxy) is 1. The molecule has 0 bridgehead atoms. The van der Waals surface area contributed by atoms with Crippen LogP contribution in [0.4, 0.5) is 27.6 Å². The maximum atomic E-state index is 13.9. The number of hydrogen-bond acceptors (Lipinski definition) is 3. The Bertz CT molecular complexity index is 783. The summed E-state index contributed by atoms with van der Waals surface area (Å²) < 4.78 is 72.8. The fraction of sp³-hybridized carbons (Fsp3) is 0.235.